The van der Waals surface area contributed by atoms with Crippen LogP contribution >= 0.6 is 0 Å². The Morgan fingerprint density at radius 2 is 1.85 bits per heavy atom. The predicted octanol–water partition coefficient (Wildman–Crippen LogP) is 3.86. The molecule has 1 aromatic carbocycles. The maximum atomic E-state index is 13.0. The fourth-order valence-corrected chi connectivity index (χ4v) is 3.45. The molecule has 0 radical (unpaired) electrons. The highest BCUT2D eigenvalue weighted by Gasteiger charge is 2.61. The second-order valence-corrected chi connectivity index (χ2v) is 6.35. The van der Waals surface area contributed by atoms with Crippen molar-refractivity contribution in [3.8, 4) is 0 Å². The van der Waals surface area contributed by atoms with E-state index in [0.717, 1.165) is 25.9 Å². The summed E-state index contributed by atoms with van der Waals surface area (Å²) in [5.74, 6) is 1.49. The zero-order valence-corrected chi connectivity index (χ0v) is 13.2. The lowest BCUT2D eigenvalue weighted by molar-refractivity contribution is -0.134. The second-order valence-electron chi connectivity index (χ2n) is 6.35. The van der Waals surface area contributed by atoms with Gasteiger partial charge in [0.1, 0.15) is 0 Å². The van der Waals surface area contributed by atoms with Crippen LogP contribution in [0.5, 0.6) is 0 Å². The molecule has 2 unspecified atom stereocenters. The third-order valence-electron chi connectivity index (χ3n) is 4.58. The fraction of sp³-hybridized carbons (Fsp3) is 0.611. The van der Waals surface area contributed by atoms with E-state index in [2.05, 4.69) is 52.0 Å². The van der Waals surface area contributed by atoms with Crippen LogP contribution in [0.3, 0.4) is 0 Å². The van der Waals surface area contributed by atoms with Crippen LogP contribution in [0, 0.1) is 11.8 Å². The van der Waals surface area contributed by atoms with Crippen molar-refractivity contribution in [2.24, 2.45) is 11.8 Å². The molecule has 110 valence electrons. The van der Waals surface area contributed by atoms with Gasteiger partial charge in [-0.3, -0.25) is 4.79 Å². The molecule has 1 aliphatic carbocycles. The van der Waals surface area contributed by atoms with E-state index in [1.165, 1.54) is 5.56 Å². The quantitative estimate of drug-likeness (QED) is 0.770. The van der Waals surface area contributed by atoms with Gasteiger partial charge < -0.3 is 4.90 Å². The average Bonchev–Trinajstić information content (AvgIpc) is 3.15. The van der Waals surface area contributed by atoms with Crippen molar-refractivity contribution in [3.05, 3.63) is 35.9 Å². The molecule has 2 atom stereocenters. The molecule has 1 aliphatic rings. The Balaban J connectivity index is 2.30. The SMILES string of the molecule is CCN(CC)C(=O)C1(c2ccccc2)CC1CC(C)C. The summed E-state index contributed by atoms with van der Waals surface area (Å²) in [6, 6.07) is 10.4. The first-order chi connectivity index (χ1) is 9.56. The van der Waals surface area contributed by atoms with Gasteiger partial charge in [0.15, 0.2) is 0 Å². The van der Waals surface area contributed by atoms with E-state index < -0.39 is 0 Å². The molecule has 1 amide bonds. The van der Waals surface area contributed by atoms with Crippen molar-refractivity contribution in [3.63, 3.8) is 0 Å². The van der Waals surface area contributed by atoms with Crippen LogP contribution in [-0.2, 0) is 10.2 Å². The van der Waals surface area contributed by atoms with Gasteiger partial charge in [-0.05, 0) is 44.1 Å². The lowest BCUT2D eigenvalue weighted by atomic mass is 9.89. The first kappa shape index (κ1) is 15.1. The predicted molar refractivity (Wildman–Crippen MR) is 83.6 cm³/mol. The lowest BCUT2D eigenvalue weighted by Crippen LogP contribution is -2.40. The summed E-state index contributed by atoms with van der Waals surface area (Å²) in [5, 5.41) is 0. The minimum absolute atomic E-state index is 0.239. The molecule has 1 aromatic rings. The van der Waals surface area contributed by atoms with Crippen molar-refractivity contribution in [2.75, 3.05) is 13.1 Å². The molecule has 1 saturated carbocycles. The third kappa shape index (κ3) is 2.61. The van der Waals surface area contributed by atoms with E-state index >= 15 is 0 Å². The molecule has 1 fully saturated rings. The minimum atomic E-state index is -0.239. The molecular formula is C18H27NO. The molecule has 0 spiro atoms. The smallest absolute Gasteiger partial charge is 0.233 e. The highest BCUT2D eigenvalue weighted by atomic mass is 16.2. The molecule has 0 aromatic heterocycles. The minimum Gasteiger partial charge on any atom is -0.342 e. The summed E-state index contributed by atoms with van der Waals surface area (Å²) in [6.07, 6.45) is 2.16. The molecule has 2 heteroatoms. The van der Waals surface area contributed by atoms with Gasteiger partial charge >= 0.3 is 0 Å². The Morgan fingerprint density at radius 1 is 1.25 bits per heavy atom. The summed E-state index contributed by atoms with van der Waals surface area (Å²) < 4.78 is 0. The van der Waals surface area contributed by atoms with E-state index in [-0.39, 0.29) is 5.41 Å². The van der Waals surface area contributed by atoms with Gasteiger partial charge in [0, 0.05) is 13.1 Å². The number of likely N-dealkylation sites (N-methyl/N-ethyl adjacent to an activating group) is 1. The molecule has 0 saturated heterocycles. The molecule has 0 N–H and O–H groups in total. The van der Waals surface area contributed by atoms with E-state index in [9.17, 15) is 4.79 Å². The summed E-state index contributed by atoms with van der Waals surface area (Å²) >= 11 is 0. The third-order valence-corrected chi connectivity index (χ3v) is 4.58. The Bertz CT molecular complexity index is 450. The van der Waals surface area contributed by atoms with Gasteiger partial charge in [-0.25, -0.2) is 0 Å². The van der Waals surface area contributed by atoms with Crippen LogP contribution in [0.1, 0.15) is 46.1 Å². The number of rotatable bonds is 6. The number of amides is 1. The zero-order chi connectivity index (χ0) is 14.8. The Labute approximate surface area is 123 Å². The largest absolute Gasteiger partial charge is 0.342 e. The highest BCUT2D eigenvalue weighted by molar-refractivity contribution is 5.92. The molecule has 0 heterocycles. The summed E-state index contributed by atoms with van der Waals surface area (Å²) in [6.45, 7) is 10.2. The molecular weight excluding hydrogens is 246 g/mol. The number of nitrogens with zero attached hydrogens (tertiary/aromatic N) is 1. The Morgan fingerprint density at radius 3 is 2.35 bits per heavy atom. The van der Waals surface area contributed by atoms with Crippen molar-refractivity contribution >= 4 is 5.91 Å². The normalized spacial score (nSPS) is 24.8. The molecule has 20 heavy (non-hydrogen) atoms. The van der Waals surface area contributed by atoms with Crippen LogP contribution in [0.2, 0.25) is 0 Å². The average molecular weight is 273 g/mol. The van der Waals surface area contributed by atoms with E-state index in [1.54, 1.807) is 0 Å². The fourth-order valence-electron chi connectivity index (χ4n) is 3.45. The van der Waals surface area contributed by atoms with Gasteiger partial charge in [0.2, 0.25) is 5.91 Å². The summed E-state index contributed by atoms with van der Waals surface area (Å²) in [7, 11) is 0. The van der Waals surface area contributed by atoms with Crippen LogP contribution in [0.25, 0.3) is 0 Å². The van der Waals surface area contributed by atoms with Crippen molar-refractivity contribution in [1.29, 1.82) is 0 Å². The highest BCUT2D eigenvalue weighted by Crippen LogP contribution is 2.58. The van der Waals surface area contributed by atoms with Crippen molar-refractivity contribution in [1.82, 2.24) is 4.90 Å². The first-order valence-electron chi connectivity index (χ1n) is 7.91. The van der Waals surface area contributed by atoms with E-state index in [4.69, 9.17) is 0 Å². The van der Waals surface area contributed by atoms with E-state index in [0.29, 0.717) is 17.7 Å². The van der Waals surface area contributed by atoms with E-state index in [1.807, 2.05) is 11.0 Å². The van der Waals surface area contributed by atoms with Crippen molar-refractivity contribution < 1.29 is 4.79 Å². The Kier molecular flexibility index (Phi) is 4.52. The van der Waals surface area contributed by atoms with Crippen LogP contribution in [-0.4, -0.2) is 23.9 Å². The summed E-state index contributed by atoms with van der Waals surface area (Å²) in [4.78, 5) is 15.0. The van der Waals surface area contributed by atoms with Gasteiger partial charge in [-0.1, -0.05) is 44.2 Å². The van der Waals surface area contributed by atoms with Crippen LogP contribution in [0.4, 0.5) is 0 Å². The van der Waals surface area contributed by atoms with Gasteiger partial charge in [-0.15, -0.1) is 0 Å². The monoisotopic (exact) mass is 273 g/mol. The lowest BCUT2D eigenvalue weighted by Gasteiger charge is -2.27. The van der Waals surface area contributed by atoms with Gasteiger partial charge in [0.05, 0.1) is 5.41 Å². The standard InChI is InChI=1S/C18H27NO/c1-5-19(6-2)17(20)18(13-16(18)12-14(3)4)15-10-8-7-9-11-15/h7-11,14,16H,5-6,12-13H2,1-4H3. The van der Waals surface area contributed by atoms with Gasteiger partial charge in [0.25, 0.3) is 0 Å². The first-order valence-corrected chi connectivity index (χ1v) is 7.91. The topological polar surface area (TPSA) is 20.3 Å². The maximum Gasteiger partial charge on any atom is 0.233 e. The maximum absolute atomic E-state index is 13.0. The number of carbonyl (C=O) groups excluding carboxylic acids is 1. The summed E-state index contributed by atoms with van der Waals surface area (Å²) in [5.41, 5.74) is 0.972. The number of benzene rings is 1. The second kappa shape index (κ2) is 5.99. The number of carbonyl (C=O) groups is 1. The zero-order valence-electron chi connectivity index (χ0n) is 13.2. The molecule has 2 nitrogen and oxygen atoms in total. The number of hydrogen-bond acceptors (Lipinski definition) is 1. The van der Waals surface area contributed by atoms with Crippen molar-refractivity contribution in [2.45, 2.75) is 46.0 Å². The van der Waals surface area contributed by atoms with Crippen LogP contribution < -0.4 is 0 Å². The molecule has 0 aliphatic heterocycles. The number of hydrogen-bond donors (Lipinski definition) is 0. The molecule has 2 rings (SSSR count). The van der Waals surface area contributed by atoms with Crippen LogP contribution in [0.15, 0.2) is 30.3 Å². The Hall–Kier alpha value is -1.31. The molecule has 0 bridgehead atoms. The van der Waals surface area contributed by atoms with Gasteiger partial charge in [-0.2, -0.15) is 0 Å².